The van der Waals surface area contributed by atoms with Gasteiger partial charge in [0.2, 0.25) is 0 Å². The van der Waals surface area contributed by atoms with E-state index in [1.54, 1.807) is 0 Å². The monoisotopic (exact) mass is 104 g/mol. The van der Waals surface area contributed by atoms with Gasteiger partial charge in [-0.25, -0.2) is 0 Å². The first kappa shape index (κ1) is 4.47. The van der Waals surface area contributed by atoms with Crippen molar-refractivity contribution < 1.29 is 4.74 Å². The molecule has 1 heterocycles. The molecule has 0 bridgehead atoms. The van der Waals surface area contributed by atoms with Crippen molar-refractivity contribution >= 4 is 11.8 Å². The summed E-state index contributed by atoms with van der Waals surface area (Å²) in [6.45, 7) is 1.00. The first-order valence-corrected chi connectivity index (χ1v) is 3.43. The molecule has 1 unspecified atom stereocenters. The first-order valence-electron chi connectivity index (χ1n) is 2.04. The molecule has 1 atom stereocenters. The van der Waals surface area contributed by atoms with Gasteiger partial charge >= 0.3 is 0 Å². The van der Waals surface area contributed by atoms with Gasteiger partial charge in [-0.1, -0.05) is 0 Å². The van der Waals surface area contributed by atoms with Crippen molar-refractivity contribution in [1.82, 2.24) is 0 Å². The molecule has 0 aromatic heterocycles. The van der Waals surface area contributed by atoms with Gasteiger partial charge in [-0.05, 0) is 6.26 Å². The molecule has 0 aromatic rings. The van der Waals surface area contributed by atoms with Crippen LogP contribution in [-0.2, 0) is 4.74 Å². The summed E-state index contributed by atoms with van der Waals surface area (Å²) >= 11 is 1.85. The van der Waals surface area contributed by atoms with E-state index < -0.39 is 0 Å². The highest BCUT2D eigenvalue weighted by Crippen LogP contribution is 2.12. The minimum absolute atomic E-state index is 0.611. The molecule has 1 saturated heterocycles. The summed E-state index contributed by atoms with van der Waals surface area (Å²) in [4.78, 5) is 0. The zero-order valence-corrected chi connectivity index (χ0v) is 4.62. The van der Waals surface area contributed by atoms with Crippen LogP contribution in [0.5, 0.6) is 0 Å². The molecule has 2 heteroatoms. The topological polar surface area (TPSA) is 12.5 Å². The van der Waals surface area contributed by atoms with Crippen LogP contribution in [0.3, 0.4) is 0 Å². The first-order chi connectivity index (χ1) is 2.93. The lowest BCUT2D eigenvalue weighted by molar-refractivity contribution is 0.426. The maximum absolute atomic E-state index is 4.93. The summed E-state index contributed by atoms with van der Waals surface area (Å²) in [5, 5.41) is 0. The Labute approximate surface area is 42.1 Å². The van der Waals surface area contributed by atoms with E-state index in [0.717, 1.165) is 6.61 Å². The second kappa shape index (κ2) is 1.85. The van der Waals surface area contributed by atoms with E-state index in [2.05, 4.69) is 6.26 Å². The van der Waals surface area contributed by atoms with Gasteiger partial charge in [0.25, 0.3) is 0 Å². The minimum Gasteiger partial charge on any atom is -0.372 e. The van der Waals surface area contributed by atoms with Gasteiger partial charge < -0.3 is 4.74 Å². The molecule has 0 aromatic carbocycles. The lowest BCUT2D eigenvalue weighted by Gasteiger charge is -1.80. The smallest absolute Gasteiger partial charge is 0.0899 e. The number of epoxide rings is 1. The summed E-state index contributed by atoms with van der Waals surface area (Å²) in [6.07, 6.45) is 2.71. The van der Waals surface area contributed by atoms with Crippen molar-refractivity contribution in [3.8, 4) is 0 Å². The Morgan fingerprint density at radius 3 is 2.83 bits per heavy atom. The van der Waals surface area contributed by atoms with E-state index in [9.17, 15) is 0 Å². The second-order valence-corrected chi connectivity index (χ2v) is 2.32. The molecule has 0 aliphatic carbocycles. The van der Waals surface area contributed by atoms with E-state index in [1.165, 1.54) is 5.75 Å². The predicted molar refractivity (Wildman–Crippen MR) is 28.1 cm³/mol. The number of ether oxygens (including phenoxy) is 1. The van der Waals surface area contributed by atoms with Crippen LogP contribution in [-0.4, -0.2) is 24.7 Å². The average Bonchev–Trinajstić information content (AvgIpc) is 2.21. The Morgan fingerprint density at radius 2 is 2.67 bits per heavy atom. The van der Waals surface area contributed by atoms with Crippen LogP contribution in [0, 0.1) is 0 Å². The van der Waals surface area contributed by atoms with Crippen LogP contribution in [0.2, 0.25) is 0 Å². The third-order valence-electron chi connectivity index (χ3n) is 0.755. The molecule has 36 valence electrons. The lowest BCUT2D eigenvalue weighted by Crippen LogP contribution is -1.84. The largest absolute Gasteiger partial charge is 0.372 e. The van der Waals surface area contributed by atoms with Crippen LogP contribution < -0.4 is 0 Å². The number of thioether (sulfide) groups is 1. The third-order valence-corrected chi connectivity index (χ3v) is 1.46. The standard InChI is InChI=1S/C4H8OS/c1-6-3-4-2-5-4/h4H,2-3H2,1H3. The molecule has 0 N–H and O–H groups in total. The number of hydrogen-bond donors (Lipinski definition) is 0. The van der Waals surface area contributed by atoms with E-state index in [1.807, 2.05) is 11.8 Å². The Bertz CT molecular complexity index is 42.8. The zero-order chi connectivity index (χ0) is 4.41. The Hall–Kier alpha value is 0.310. The maximum atomic E-state index is 4.93. The molecule has 0 spiro atoms. The van der Waals surface area contributed by atoms with E-state index in [4.69, 9.17) is 4.74 Å². The van der Waals surface area contributed by atoms with Gasteiger partial charge in [-0.15, -0.1) is 0 Å². The van der Waals surface area contributed by atoms with Gasteiger partial charge in [-0.3, -0.25) is 0 Å². The van der Waals surface area contributed by atoms with Crippen molar-refractivity contribution in [1.29, 1.82) is 0 Å². The fourth-order valence-electron chi connectivity index (χ4n) is 0.350. The van der Waals surface area contributed by atoms with E-state index in [0.29, 0.717) is 6.10 Å². The van der Waals surface area contributed by atoms with Crippen molar-refractivity contribution in [2.45, 2.75) is 6.10 Å². The molecule has 1 nitrogen and oxygen atoms in total. The Morgan fingerprint density at radius 1 is 2.00 bits per heavy atom. The van der Waals surface area contributed by atoms with Crippen LogP contribution >= 0.6 is 11.8 Å². The predicted octanol–water partition coefficient (Wildman–Crippen LogP) is 0.748. The molecule has 6 heavy (non-hydrogen) atoms. The molecule has 1 fully saturated rings. The summed E-state index contributed by atoms with van der Waals surface area (Å²) in [5.74, 6) is 1.18. The van der Waals surface area contributed by atoms with Crippen molar-refractivity contribution in [2.75, 3.05) is 18.6 Å². The van der Waals surface area contributed by atoms with Crippen molar-refractivity contribution in [3.63, 3.8) is 0 Å². The van der Waals surface area contributed by atoms with E-state index in [-0.39, 0.29) is 0 Å². The molecule has 0 amide bonds. The van der Waals surface area contributed by atoms with Gasteiger partial charge in [0.05, 0.1) is 12.7 Å². The normalized spacial score (nSPS) is 30.5. The number of rotatable bonds is 2. The van der Waals surface area contributed by atoms with Crippen LogP contribution in [0.1, 0.15) is 0 Å². The van der Waals surface area contributed by atoms with Crippen LogP contribution in [0.25, 0.3) is 0 Å². The fourth-order valence-corrected chi connectivity index (χ4v) is 0.914. The van der Waals surface area contributed by atoms with Gasteiger partial charge in [0.1, 0.15) is 0 Å². The molecule has 1 rings (SSSR count). The SMILES string of the molecule is CSCC1CO1. The van der Waals surface area contributed by atoms with Crippen molar-refractivity contribution in [3.05, 3.63) is 0 Å². The molecular formula is C4H8OS. The number of hydrogen-bond acceptors (Lipinski definition) is 2. The van der Waals surface area contributed by atoms with Crippen LogP contribution in [0.15, 0.2) is 0 Å². The maximum Gasteiger partial charge on any atom is 0.0899 e. The van der Waals surface area contributed by atoms with E-state index >= 15 is 0 Å². The van der Waals surface area contributed by atoms with Crippen LogP contribution in [0.4, 0.5) is 0 Å². The highest BCUT2D eigenvalue weighted by molar-refractivity contribution is 7.98. The van der Waals surface area contributed by atoms with Gasteiger partial charge in [0.15, 0.2) is 0 Å². The summed E-state index contributed by atoms with van der Waals surface area (Å²) in [6, 6.07) is 0. The average molecular weight is 104 g/mol. The summed E-state index contributed by atoms with van der Waals surface area (Å²) in [5.41, 5.74) is 0. The summed E-state index contributed by atoms with van der Waals surface area (Å²) < 4.78 is 4.93. The zero-order valence-electron chi connectivity index (χ0n) is 3.81. The fraction of sp³-hybridized carbons (Fsp3) is 1.00. The second-order valence-electron chi connectivity index (χ2n) is 1.41. The van der Waals surface area contributed by atoms with Gasteiger partial charge in [-0.2, -0.15) is 11.8 Å². The Balaban J connectivity index is 1.88. The molecule has 0 radical (unpaired) electrons. The highest BCUT2D eigenvalue weighted by atomic mass is 32.2. The molecule has 0 saturated carbocycles. The minimum atomic E-state index is 0.611. The third kappa shape index (κ3) is 1.19. The lowest BCUT2D eigenvalue weighted by atomic mass is 10.6. The quantitative estimate of drug-likeness (QED) is 0.479. The molecule has 1 aliphatic heterocycles. The molecular weight excluding hydrogens is 96.1 g/mol. The highest BCUT2D eigenvalue weighted by Gasteiger charge is 2.20. The van der Waals surface area contributed by atoms with Gasteiger partial charge in [0, 0.05) is 5.75 Å². The Kier molecular flexibility index (Phi) is 1.37. The molecule has 1 aliphatic rings. The summed E-state index contributed by atoms with van der Waals surface area (Å²) in [7, 11) is 0. The van der Waals surface area contributed by atoms with Crippen molar-refractivity contribution in [2.24, 2.45) is 0 Å².